The van der Waals surface area contributed by atoms with E-state index >= 15 is 0 Å². The summed E-state index contributed by atoms with van der Waals surface area (Å²) in [6, 6.07) is 12.1. The second-order valence-corrected chi connectivity index (χ2v) is 6.83. The Morgan fingerprint density at radius 2 is 1.72 bits per heavy atom. The van der Waals surface area contributed by atoms with E-state index in [4.69, 9.17) is 11.6 Å². The van der Waals surface area contributed by atoms with Crippen molar-refractivity contribution in [1.29, 1.82) is 0 Å². The Bertz CT molecular complexity index is 839. The molecule has 0 radical (unpaired) electrons. The molecule has 128 valence electrons. The van der Waals surface area contributed by atoms with Crippen LogP contribution in [0.3, 0.4) is 0 Å². The van der Waals surface area contributed by atoms with Crippen LogP contribution < -0.4 is 4.90 Å². The topological polar surface area (TPSA) is 23.6 Å². The monoisotopic (exact) mass is 356 g/mol. The van der Waals surface area contributed by atoms with Gasteiger partial charge in [0.15, 0.2) is 5.78 Å². The number of nitrogens with zero attached hydrogens (tertiary/aromatic N) is 2. The van der Waals surface area contributed by atoms with E-state index in [9.17, 15) is 9.18 Å². The number of anilines is 1. The van der Waals surface area contributed by atoms with Crippen molar-refractivity contribution in [1.82, 2.24) is 4.90 Å². The predicted octanol–water partition coefficient (Wildman–Crippen LogP) is 3.92. The zero-order valence-electron chi connectivity index (χ0n) is 13.7. The van der Waals surface area contributed by atoms with Gasteiger partial charge in [-0.15, -0.1) is 0 Å². The first-order chi connectivity index (χ1) is 12.1. The van der Waals surface area contributed by atoms with Crippen LogP contribution in [0.25, 0.3) is 0 Å². The SMILES string of the molecule is O=C1/C(=C/N2CCN(c3ccc(F)cc3)CC2)Cc2c(Cl)cccc21. The highest BCUT2D eigenvalue weighted by Gasteiger charge is 2.27. The second kappa shape index (κ2) is 6.52. The van der Waals surface area contributed by atoms with E-state index in [1.165, 1.54) is 12.1 Å². The summed E-state index contributed by atoms with van der Waals surface area (Å²) in [6.07, 6.45) is 2.59. The molecule has 0 aromatic heterocycles. The number of hydrogen-bond donors (Lipinski definition) is 0. The van der Waals surface area contributed by atoms with Gasteiger partial charge in [0.2, 0.25) is 0 Å². The first kappa shape index (κ1) is 16.2. The van der Waals surface area contributed by atoms with Crippen molar-refractivity contribution >= 4 is 23.1 Å². The molecule has 0 bridgehead atoms. The smallest absolute Gasteiger partial charge is 0.191 e. The largest absolute Gasteiger partial charge is 0.373 e. The second-order valence-electron chi connectivity index (χ2n) is 6.43. The van der Waals surface area contributed by atoms with Crippen LogP contribution >= 0.6 is 11.6 Å². The summed E-state index contributed by atoms with van der Waals surface area (Å²) in [4.78, 5) is 17.0. The van der Waals surface area contributed by atoms with Gasteiger partial charge in [-0.1, -0.05) is 23.7 Å². The number of carbonyl (C=O) groups excluding carboxylic acids is 1. The fourth-order valence-corrected chi connectivity index (χ4v) is 3.72. The normalized spacial score (nSPS) is 18.8. The summed E-state index contributed by atoms with van der Waals surface area (Å²) in [5, 5.41) is 0.662. The summed E-state index contributed by atoms with van der Waals surface area (Å²) < 4.78 is 13.0. The molecule has 1 heterocycles. The van der Waals surface area contributed by atoms with Gasteiger partial charge in [0, 0.05) is 60.6 Å². The Morgan fingerprint density at radius 1 is 1.00 bits per heavy atom. The molecule has 4 rings (SSSR count). The fourth-order valence-electron chi connectivity index (χ4n) is 3.48. The molecule has 1 saturated heterocycles. The molecule has 1 aliphatic heterocycles. The lowest BCUT2D eigenvalue weighted by atomic mass is 10.1. The molecule has 1 fully saturated rings. The maximum atomic E-state index is 13.0. The number of benzene rings is 2. The quantitative estimate of drug-likeness (QED) is 0.762. The van der Waals surface area contributed by atoms with Crippen LogP contribution in [0.2, 0.25) is 5.02 Å². The van der Waals surface area contributed by atoms with Gasteiger partial charge in [0.1, 0.15) is 5.82 Å². The van der Waals surface area contributed by atoms with Gasteiger partial charge in [-0.3, -0.25) is 4.79 Å². The number of fused-ring (bicyclic) bond motifs is 1. The average molecular weight is 357 g/mol. The van der Waals surface area contributed by atoms with Crippen molar-refractivity contribution < 1.29 is 9.18 Å². The summed E-state index contributed by atoms with van der Waals surface area (Å²) in [6.45, 7) is 3.35. The van der Waals surface area contributed by atoms with E-state index < -0.39 is 0 Å². The van der Waals surface area contributed by atoms with E-state index in [1.54, 1.807) is 0 Å². The summed E-state index contributed by atoms with van der Waals surface area (Å²) in [7, 11) is 0. The lowest BCUT2D eigenvalue weighted by Gasteiger charge is -2.35. The molecule has 5 heteroatoms. The standard InChI is InChI=1S/C20H18ClFN2O/c21-19-3-1-2-17-18(19)12-14(20(17)25)13-23-8-10-24(11-9-23)16-6-4-15(22)5-7-16/h1-7,13H,8-12H2/b14-13+. The van der Waals surface area contributed by atoms with Crippen LogP contribution in [-0.4, -0.2) is 36.9 Å². The minimum Gasteiger partial charge on any atom is -0.373 e. The van der Waals surface area contributed by atoms with Gasteiger partial charge in [-0.05, 0) is 35.9 Å². The zero-order chi connectivity index (χ0) is 17.4. The van der Waals surface area contributed by atoms with Crippen molar-refractivity contribution in [3.8, 4) is 0 Å². The first-order valence-electron chi connectivity index (χ1n) is 8.39. The van der Waals surface area contributed by atoms with Gasteiger partial charge in [-0.2, -0.15) is 0 Å². The molecule has 0 spiro atoms. The van der Waals surface area contributed by atoms with E-state index in [2.05, 4.69) is 9.80 Å². The minimum absolute atomic E-state index is 0.0819. The maximum absolute atomic E-state index is 13.0. The average Bonchev–Trinajstić information content (AvgIpc) is 2.94. The van der Waals surface area contributed by atoms with Gasteiger partial charge in [0.25, 0.3) is 0 Å². The maximum Gasteiger partial charge on any atom is 0.191 e. The van der Waals surface area contributed by atoms with Crippen molar-refractivity contribution in [2.24, 2.45) is 0 Å². The third-order valence-electron chi connectivity index (χ3n) is 4.87. The van der Waals surface area contributed by atoms with Crippen LogP contribution in [0.5, 0.6) is 0 Å². The lowest BCUT2D eigenvalue weighted by Crippen LogP contribution is -2.44. The molecule has 0 amide bonds. The van der Waals surface area contributed by atoms with E-state index in [-0.39, 0.29) is 11.6 Å². The number of rotatable bonds is 2. The summed E-state index contributed by atoms with van der Waals surface area (Å²) in [5.74, 6) is -0.136. The molecule has 3 nitrogen and oxygen atoms in total. The number of hydrogen-bond acceptors (Lipinski definition) is 3. The number of Topliss-reactive ketones (excluding diaryl/α,β-unsaturated/α-hetero) is 1. The first-order valence-corrected chi connectivity index (χ1v) is 8.77. The van der Waals surface area contributed by atoms with Crippen LogP contribution in [0, 0.1) is 5.82 Å². The number of ketones is 1. The molecular weight excluding hydrogens is 339 g/mol. The Balaban J connectivity index is 1.44. The Kier molecular flexibility index (Phi) is 4.22. The Hall–Kier alpha value is -2.33. The molecular formula is C20H18ClFN2O. The Morgan fingerprint density at radius 3 is 2.40 bits per heavy atom. The van der Waals surface area contributed by atoms with Gasteiger partial charge >= 0.3 is 0 Å². The minimum atomic E-state index is -0.218. The van der Waals surface area contributed by atoms with Crippen molar-refractivity contribution in [2.45, 2.75) is 6.42 Å². The molecule has 2 aliphatic rings. The summed E-state index contributed by atoms with van der Waals surface area (Å²) >= 11 is 6.21. The number of halogens is 2. The van der Waals surface area contributed by atoms with E-state index in [1.807, 2.05) is 36.5 Å². The Labute approximate surface area is 151 Å². The van der Waals surface area contributed by atoms with Gasteiger partial charge in [0.05, 0.1) is 0 Å². The zero-order valence-corrected chi connectivity index (χ0v) is 14.5. The molecule has 0 saturated carbocycles. The van der Waals surface area contributed by atoms with Crippen molar-refractivity contribution in [3.05, 3.63) is 76.2 Å². The van der Waals surface area contributed by atoms with E-state index in [0.717, 1.165) is 48.6 Å². The molecule has 0 atom stereocenters. The highest BCUT2D eigenvalue weighted by molar-refractivity contribution is 6.32. The molecule has 2 aromatic rings. The van der Waals surface area contributed by atoms with Crippen LogP contribution in [0.15, 0.2) is 54.2 Å². The van der Waals surface area contributed by atoms with Crippen molar-refractivity contribution in [2.75, 3.05) is 31.1 Å². The highest BCUT2D eigenvalue weighted by Crippen LogP contribution is 2.32. The molecule has 2 aromatic carbocycles. The molecule has 0 unspecified atom stereocenters. The third-order valence-corrected chi connectivity index (χ3v) is 5.22. The summed E-state index contributed by atoms with van der Waals surface area (Å²) in [5.41, 5.74) is 3.50. The van der Waals surface area contributed by atoms with Gasteiger partial charge in [-0.25, -0.2) is 4.39 Å². The molecule has 1 aliphatic carbocycles. The third kappa shape index (κ3) is 3.14. The van der Waals surface area contributed by atoms with Crippen LogP contribution in [-0.2, 0) is 6.42 Å². The predicted molar refractivity (Wildman–Crippen MR) is 97.8 cm³/mol. The van der Waals surface area contributed by atoms with E-state index in [0.29, 0.717) is 11.4 Å². The lowest BCUT2D eigenvalue weighted by molar-refractivity contribution is 0.103. The highest BCUT2D eigenvalue weighted by atomic mass is 35.5. The number of allylic oxidation sites excluding steroid dienone is 1. The molecule has 25 heavy (non-hydrogen) atoms. The number of carbonyl (C=O) groups is 1. The molecule has 0 N–H and O–H groups in total. The van der Waals surface area contributed by atoms with Crippen LogP contribution in [0.1, 0.15) is 15.9 Å². The van der Waals surface area contributed by atoms with Gasteiger partial charge < -0.3 is 9.80 Å². The fraction of sp³-hybridized carbons (Fsp3) is 0.250. The number of piperazine rings is 1. The van der Waals surface area contributed by atoms with Crippen molar-refractivity contribution in [3.63, 3.8) is 0 Å². The van der Waals surface area contributed by atoms with Crippen LogP contribution in [0.4, 0.5) is 10.1 Å².